The van der Waals surface area contributed by atoms with Gasteiger partial charge in [0.05, 0.1) is 5.56 Å². The van der Waals surface area contributed by atoms with Crippen LogP contribution in [-0.2, 0) is 0 Å². The highest BCUT2D eigenvalue weighted by Gasteiger charge is 2.32. The van der Waals surface area contributed by atoms with Crippen molar-refractivity contribution >= 4 is 17.7 Å². The van der Waals surface area contributed by atoms with Gasteiger partial charge in [-0.1, -0.05) is 24.3 Å². The normalized spacial score (nSPS) is 18.0. The lowest BCUT2D eigenvalue weighted by Gasteiger charge is -2.24. The van der Waals surface area contributed by atoms with E-state index >= 15 is 0 Å². The maximum atomic E-state index is 13.8. The molecule has 0 aromatic heterocycles. The van der Waals surface area contributed by atoms with Gasteiger partial charge in [0.1, 0.15) is 17.0 Å². The van der Waals surface area contributed by atoms with Gasteiger partial charge in [-0.2, -0.15) is 0 Å². The van der Waals surface area contributed by atoms with Crippen LogP contribution < -0.4 is 0 Å². The third-order valence-electron chi connectivity index (χ3n) is 3.41. The van der Waals surface area contributed by atoms with E-state index in [1.54, 1.807) is 40.9 Å². The third kappa shape index (κ3) is 2.78. The van der Waals surface area contributed by atoms with Crippen LogP contribution in [0.5, 0.6) is 0 Å². The summed E-state index contributed by atoms with van der Waals surface area (Å²) in [6, 6.07) is 12.1. The van der Waals surface area contributed by atoms with E-state index in [1.807, 2.05) is 0 Å². The Kier molecular flexibility index (Phi) is 3.92. The molecule has 0 aliphatic carbocycles. The van der Waals surface area contributed by atoms with Crippen LogP contribution in [0.15, 0.2) is 48.5 Å². The van der Waals surface area contributed by atoms with E-state index in [1.165, 1.54) is 24.3 Å². The summed E-state index contributed by atoms with van der Waals surface area (Å²) in [5.74, 6) is -0.374. The van der Waals surface area contributed by atoms with Crippen LogP contribution in [0.4, 0.5) is 8.78 Å². The topological polar surface area (TPSA) is 20.3 Å². The number of nitrogens with zero attached hydrogens (tertiary/aromatic N) is 1. The van der Waals surface area contributed by atoms with Gasteiger partial charge in [0.15, 0.2) is 0 Å². The van der Waals surface area contributed by atoms with Gasteiger partial charge >= 0.3 is 0 Å². The highest BCUT2D eigenvalue weighted by Crippen LogP contribution is 2.38. The Morgan fingerprint density at radius 1 is 1.10 bits per heavy atom. The molecular weight excluding hydrogens is 292 g/mol. The maximum absolute atomic E-state index is 13.8. The number of benzene rings is 2. The fraction of sp³-hybridized carbons (Fsp3) is 0.188. The quantitative estimate of drug-likeness (QED) is 0.840. The van der Waals surface area contributed by atoms with Gasteiger partial charge in [-0.05, 0) is 29.8 Å². The van der Waals surface area contributed by atoms with E-state index < -0.39 is 5.82 Å². The summed E-state index contributed by atoms with van der Waals surface area (Å²) < 4.78 is 26.8. The Morgan fingerprint density at radius 2 is 1.81 bits per heavy atom. The molecule has 0 spiro atoms. The average Bonchev–Trinajstić information content (AvgIpc) is 2.97. The zero-order valence-corrected chi connectivity index (χ0v) is 11.9. The molecule has 2 aromatic carbocycles. The average molecular weight is 305 g/mol. The van der Waals surface area contributed by atoms with Crippen LogP contribution in [0.3, 0.4) is 0 Å². The summed E-state index contributed by atoms with van der Waals surface area (Å²) in [6.45, 7) is 0.555. The molecule has 1 atom stereocenters. The molecule has 0 N–H and O–H groups in total. The predicted octanol–water partition coefficient (Wildman–Crippen LogP) is 3.85. The first-order valence-corrected chi connectivity index (χ1v) is 7.64. The molecule has 1 saturated heterocycles. The fourth-order valence-corrected chi connectivity index (χ4v) is 3.63. The van der Waals surface area contributed by atoms with Crippen molar-refractivity contribution in [3.05, 3.63) is 71.3 Å². The Hall–Kier alpha value is -1.88. The van der Waals surface area contributed by atoms with Crippen molar-refractivity contribution in [3.8, 4) is 0 Å². The molecule has 108 valence electrons. The first kappa shape index (κ1) is 14.1. The van der Waals surface area contributed by atoms with Crippen molar-refractivity contribution in [2.75, 3.05) is 12.3 Å². The van der Waals surface area contributed by atoms with Crippen molar-refractivity contribution in [3.63, 3.8) is 0 Å². The fourth-order valence-electron chi connectivity index (χ4n) is 2.37. The molecule has 21 heavy (non-hydrogen) atoms. The van der Waals surface area contributed by atoms with E-state index in [9.17, 15) is 13.6 Å². The molecule has 1 heterocycles. The zero-order chi connectivity index (χ0) is 14.8. The molecule has 2 nitrogen and oxygen atoms in total. The van der Waals surface area contributed by atoms with Gasteiger partial charge < -0.3 is 4.90 Å². The smallest absolute Gasteiger partial charge is 0.258 e. The van der Waals surface area contributed by atoms with Crippen molar-refractivity contribution in [1.82, 2.24) is 4.90 Å². The molecule has 3 rings (SSSR count). The number of hydrogen-bond acceptors (Lipinski definition) is 2. The molecule has 0 radical (unpaired) electrons. The lowest BCUT2D eigenvalue weighted by atomic mass is 10.1. The Balaban J connectivity index is 1.89. The second kappa shape index (κ2) is 5.85. The summed E-state index contributed by atoms with van der Waals surface area (Å²) in [5, 5.41) is -0.197. The number of carbonyl (C=O) groups is 1. The molecule has 0 bridgehead atoms. The summed E-state index contributed by atoms with van der Waals surface area (Å²) in [5.41, 5.74) is 0.927. The van der Waals surface area contributed by atoms with Gasteiger partial charge in [-0.25, -0.2) is 8.78 Å². The lowest BCUT2D eigenvalue weighted by Crippen LogP contribution is -2.31. The van der Waals surface area contributed by atoms with E-state index in [4.69, 9.17) is 0 Å². The molecule has 2 aromatic rings. The minimum absolute atomic E-state index is 0.0760. The van der Waals surface area contributed by atoms with Crippen molar-refractivity contribution < 1.29 is 13.6 Å². The van der Waals surface area contributed by atoms with E-state index in [0.29, 0.717) is 6.54 Å². The summed E-state index contributed by atoms with van der Waals surface area (Å²) in [6.07, 6.45) is 0. The standard InChI is InChI=1S/C16H13F2NOS/c17-12-7-5-11(6-8-12)16-19(9-10-21-16)15(20)13-3-1-2-4-14(13)18/h1-8,16H,9-10H2. The highest BCUT2D eigenvalue weighted by atomic mass is 32.2. The number of amides is 1. The number of thioether (sulfide) groups is 1. The van der Waals surface area contributed by atoms with Gasteiger partial charge in [-0.3, -0.25) is 4.79 Å². The molecule has 1 amide bonds. The SMILES string of the molecule is O=C(c1ccccc1F)N1CCSC1c1ccc(F)cc1. The first-order chi connectivity index (χ1) is 10.2. The Morgan fingerprint density at radius 3 is 2.52 bits per heavy atom. The molecule has 1 aliphatic heterocycles. The number of rotatable bonds is 2. The largest absolute Gasteiger partial charge is 0.322 e. The second-order valence-corrected chi connectivity index (χ2v) is 5.94. The van der Waals surface area contributed by atoms with Crippen molar-refractivity contribution in [2.45, 2.75) is 5.37 Å². The number of carbonyl (C=O) groups excluding carboxylic acids is 1. The highest BCUT2D eigenvalue weighted by molar-refractivity contribution is 7.99. The minimum atomic E-state index is -0.516. The number of hydrogen-bond donors (Lipinski definition) is 0. The lowest BCUT2D eigenvalue weighted by molar-refractivity contribution is 0.0755. The monoisotopic (exact) mass is 305 g/mol. The first-order valence-electron chi connectivity index (χ1n) is 6.59. The van der Waals surface area contributed by atoms with Crippen LogP contribution in [0.2, 0.25) is 0 Å². The van der Waals surface area contributed by atoms with Crippen LogP contribution in [0.1, 0.15) is 21.3 Å². The summed E-state index contributed by atoms with van der Waals surface area (Å²) in [7, 11) is 0. The summed E-state index contributed by atoms with van der Waals surface area (Å²) >= 11 is 1.60. The minimum Gasteiger partial charge on any atom is -0.322 e. The zero-order valence-electron chi connectivity index (χ0n) is 11.1. The maximum Gasteiger partial charge on any atom is 0.258 e. The molecule has 0 saturated carbocycles. The van der Waals surface area contributed by atoms with E-state index in [0.717, 1.165) is 11.3 Å². The molecular formula is C16H13F2NOS. The molecule has 1 unspecified atom stereocenters. The number of halogens is 2. The molecule has 5 heteroatoms. The van der Waals surface area contributed by atoms with Gasteiger partial charge in [0.25, 0.3) is 5.91 Å². The van der Waals surface area contributed by atoms with Crippen LogP contribution >= 0.6 is 11.8 Å². The van der Waals surface area contributed by atoms with E-state index in [2.05, 4.69) is 0 Å². The van der Waals surface area contributed by atoms with Gasteiger partial charge in [0.2, 0.25) is 0 Å². The summed E-state index contributed by atoms with van der Waals surface area (Å²) in [4.78, 5) is 14.2. The van der Waals surface area contributed by atoms with Crippen molar-refractivity contribution in [1.29, 1.82) is 0 Å². The van der Waals surface area contributed by atoms with Crippen molar-refractivity contribution in [2.24, 2.45) is 0 Å². The van der Waals surface area contributed by atoms with Gasteiger partial charge in [0, 0.05) is 12.3 Å². The van der Waals surface area contributed by atoms with Crippen LogP contribution in [0.25, 0.3) is 0 Å². The third-order valence-corrected chi connectivity index (χ3v) is 4.67. The van der Waals surface area contributed by atoms with Crippen LogP contribution in [0, 0.1) is 11.6 Å². The predicted molar refractivity (Wildman–Crippen MR) is 79.0 cm³/mol. The molecule has 1 aliphatic rings. The second-order valence-electron chi connectivity index (χ2n) is 4.75. The Bertz CT molecular complexity index is 660. The van der Waals surface area contributed by atoms with Gasteiger partial charge in [-0.15, -0.1) is 11.8 Å². The Labute approximate surface area is 125 Å². The van der Waals surface area contributed by atoms with Crippen LogP contribution in [-0.4, -0.2) is 23.1 Å². The molecule has 1 fully saturated rings. The van der Waals surface area contributed by atoms with E-state index in [-0.39, 0.29) is 22.7 Å².